The molecule has 1 saturated heterocycles. The number of hydrogen-bond acceptors (Lipinski definition) is 5. The molecule has 1 aliphatic rings. The molecular weight excluding hydrogens is 380 g/mol. The van der Waals surface area contributed by atoms with Crippen LogP contribution in [0.15, 0.2) is 36.4 Å². The van der Waals surface area contributed by atoms with Crippen LogP contribution >= 0.6 is 11.3 Å². The van der Waals surface area contributed by atoms with Gasteiger partial charge < -0.3 is 10.2 Å². The average molecular weight is 409 g/mol. The number of hydrogen-bond donors (Lipinski definition) is 1. The van der Waals surface area contributed by atoms with E-state index in [-0.39, 0.29) is 5.91 Å². The first-order valence-electron chi connectivity index (χ1n) is 10.2. The average Bonchev–Trinajstić information content (AvgIpc) is 3.16. The van der Waals surface area contributed by atoms with E-state index in [1.54, 1.807) is 11.3 Å². The van der Waals surface area contributed by atoms with E-state index >= 15 is 0 Å². The Balaban J connectivity index is 1.26. The van der Waals surface area contributed by atoms with Crippen LogP contribution in [0.1, 0.15) is 27.0 Å². The van der Waals surface area contributed by atoms with Gasteiger partial charge in [0.05, 0.1) is 10.2 Å². The molecule has 29 heavy (non-hydrogen) atoms. The number of rotatable bonds is 5. The molecule has 1 amide bonds. The number of amides is 1. The fraction of sp³-hybridized carbons (Fsp3) is 0.391. The molecule has 0 atom stereocenters. The summed E-state index contributed by atoms with van der Waals surface area (Å²) >= 11 is 1.78. The zero-order valence-corrected chi connectivity index (χ0v) is 18.2. The molecule has 0 saturated carbocycles. The van der Waals surface area contributed by atoms with E-state index in [0.717, 1.165) is 54.5 Å². The summed E-state index contributed by atoms with van der Waals surface area (Å²) in [5.74, 6) is 0.0107. The Morgan fingerprint density at radius 2 is 1.83 bits per heavy atom. The van der Waals surface area contributed by atoms with E-state index in [0.29, 0.717) is 6.54 Å². The molecule has 4 rings (SSSR count). The highest BCUT2D eigenvalue weighted by atomic mass is 32.1. The summed E-state index contributed by atoms with van der Waals surface area (Å²) in [7, 11) is 0. The highest BCUT2D eigenvalue weighted by Gasteiger charge is 2.20. The molecule has 0 bridgehead atoms. The van der Waals surface area contributed by atoms with Gasteiger partial charge in [0.2, 0.25) is 0 Å². The minimum absolute atomic E-state index is 0.0107. The van der Waals surface area contributed by atoms with Gasteiger partial charge in [-0.3, -0.25) is 9.69 Å². The number of thiazole rings is 1. The normalized spacial score (nSPS) is 15.1. The zero-order chi connectivity index (χ0) is 20.4. The number of carbonyl (C=O) groups is 1. The Hall–Kier alpha value is -2.44. The van der Waals surface area contributed by atoms with Gasteiger partial charge in [-0.15, -0.1) is 0 Å². The van der Waals surface area contributed by atoms with Crippen molar-refractivity contribution < 1.29 is 4.79 Å². The number of fused-ring (bicyclic) bond motifs is 1. The van der Waals surface area contributed by atoms with Crippen LogP contribution in [0, 0.1) is 20.8 Å². The van der Waals surface area contributed by atoms with E-state index in [9.17, 15) is 4.79 Å². The number of nitrogens with one attached hydrogen (secondary N) is 1. The second-order valence-electron chi connectivity index (χ2n) is 7.80. The predicted octanol–water partition coefficient (Wildman–Crippen LogP) is 3.77. The van der Waals surface area contributed by atoms with Crippen LogP contribution in [-0.2, 0) is 0 Å². The first-order chi connectivity index (χ1) is 14.0. The van der Waals surface area contributed by atoms with E-state index in [2.05, 4.69) is 47.2 Å². The number of benzene rings is 2. The van der Waals surface area contributed by atoms with Crippen molar-refractivity contribution in [3.8, 4) is 0 Å². The molecule has 152 valence electrons. The largest absolute Gasteiger partial charge is 0.351 e. The minimum Gasteiger partial charge on any atom is -0.351 e. The van der Waals surface area contributed by atoms with Crippen LogP contribution in [0.4, 0.5) is 5.13 Å². The molecule has 0 radical (unpaired) electrons. The second-order valence-corrected chi connectivity index (χ2v) is 8.81. The van der Waals surface area contributed by atoms with E-state index in [4.69, 9.17) is 4.98 Å². The van der Waals surface area contributed by atoms with Crippen LogP contribution in [0.25, 0.3) is 10.2 Å². The van der Waals surface area contributed by atoms with Gasteiger partial charge in [-0.05, 0) is 55.7 Å². The van der Waals surface area contributed by atoms with Gasteiger partial charge in [0.25, 0.3) is 5.91 Å². The van der Waals surface area contributed by atoms with Crippen molar-refractivity contribution in [2.75, 3.05) is 44.2 Å². The van der Waals surface area contributed by atoms with Crippen LogP contribution in [-0.4, -0.2) is 55.1 Å². The van der Waals surface area contributed by atoms with Gasteiger partial charge in [-0.1, -0.05) is 29.5 Å². The molecule has 2 aromatic carbocycles. The maximum absolute atomic E-state index is 12.4. The van der Waals surface area contributed by atoms with Crippen molar-refractivity contribution in [1.82, 2.24) is 15.2 Å². The third kappa shape index (κ3) is 4.43. The summed E-state index contributed by atoms with van der Waals surface area (Å²) in [5.41, 5.74) is 5.47. The Bertz CT molecular complexity index is 1020. The number of nitrogens with zero attached hydrogens (tertiary/aromatic N) is 3. The summed E-state index contributed by atoms with van der Waals surface area (Å²) in [5, 5.41) is 4.18. The minimum atomic E-state index is 0.0107. The van der Waals surface area contributed by atoms with E-state index in [1.165, 1.54) is 15.8 Å². The molecule has 0 unspecified atom stereocenters. The number of para-hydroxylation sites is 1. The van der Waals surface area contributed by atoms with Gasteiger partial charge in [0.15, 0.2) is 5.13 Å². The maximum atomic E-state index is 12.4. The first kappa shape index (κ1) is 19.9. The topological polar surface area (TPSA) is 48.5 Å². The van der Waals surface area contributed by atoms with Crippen LogP contribution in [0.5, 0.6) is 0 Å². The SMILES string of the molecule is Cc1ccc(C(=O)NCCN2CCN(c3nc4c(C)cccc4s3)CC2)cc1C. The molecule has 5 nitrogen and oxygen atoms in total. The van der Waals surface area contributed by atoms with Gasteiger partial charge in [-0.25, -0.2) is 4.98 Å². The summed E-state index contributed by atoms with van der Waals surface area (Å²) in [6, 6.07) is 12.2. The monoisotopic (exact) mass is 408 g/mol. The second kappa shape index (κ2) is 8.51. The summed E-state index contributed by atoms with van der Waals surface area (Å²) in [6.07, 6.45) is 0. The Morgan fingerprint density at radius 3 is 2.55 bits per heavy atom. The molecule has 1 aliphatic heterocycles. The lowest BCUT2D eigenvalue weighted by atomic mass is 10.1. The van der Waals surface area contributed by atoms with Gasteiger partial charge in [0.1, 0.15) is 0 Å². The molecule has 0 aliphatic carbocycles. The molecule has 2 heterocycles. The number of aromatic nitrogens is 1. The molecule has 3 aromatic rings. The lowest BCUT2D eigenvalue weighted by molar-refractivity contribution is 0.0947. The van der Waals surface area contributed by atoms with E-state index in [1.807, 2.05) is 25.1 Å². The number of anilines is 1. The quantitative estimate of drug-likeness (QED) is 0.698. The van der Waals surface area contributed by atoms with Gasteiger partial charge in [0, 0.05) is 44.8 Å². The molecule has 1 N–H and O–H groups in total. The van der Waals surface area contributed by atoms with Crippen molar-refractivity contribution >= 4 is 32.6 Å². The molecule has 1 fully saturated rings. The maximum Gasteiger partial charge on any atom is 0.251 e. The summed E-state index contributed by atoms with van der Waals surface area (Å²) in [4.78, 5) is 22.0. The summed E-state index contributed by atoms with van der Waals surface area (Å²) in [6.45, 7) is 11.7. The van der Waals surface area contributed by atoms with E-state index < -0.39 is 0 Å². The number of carbonyl (C=O) groups excluding carboxylic acids is 1. The fourth-order valence-electron chi connectivity index (χ4n) is 3.68. The Labute approximate surface area is 176 Å². The molecule has 0 spiro atoms. The first-order valence-corrected chi connectivity index (χ1v) is 11.0. The zero-order valence-electron chi connectivity index (χ0n) is 17.4. The highest BCUT2D eigenvalue weighted by Crippen LogP contribution is 2.30. The smallest absolute Gasteiger partial charge is 0.251 e. The highest BCUT2D eigenvalue weighted by molar-refractivity contribution is 7.22. The fourth-order valence-corrected chi connectivity index (χ4v) is 4.78. The van der Waals surface area contributed by atoms with Crippen molar-refractivity contribution in [1.29, 1.82) is 0 Å². The number of aryl methyl sites for hydroxylation is 3. The van der Waals surface area contributed by atoms with Crippen molar-refractivity contribution in [2.45, 2.75) is 20.8 Å². The molecule has 6 heteroatoms. The summed E-state index contributed by atoms with van der Waals surface area (Å²) < 4.78 is 1.26. The van der Waals surface area contributed by atoms with Gasteiger partial charge >= 0.3 is 0 Å². The lowest BCUT2D eigenvalue weighted by Crippen LogP contribution is -2.48. The third-order valence-corrected chi connectivity index (χ3v) is 6.82. The van der Waals surface area contributed by atoms with Crippen LogP contribution in [0.3, 0.4) is 0 Å². The molecular formula is C23H28N4OS. The van der Waals surface area contributed by atoms with Crippen LogP contribution in [0.2, 0.25) is 0 Å². The molecule has 1 aromatic heterocycles. The van der Waals surface area contributed by atoms with Crippen molar-refractivity contribution in [3.63, 3.8) is 0 Å². The predicted molar refractivity (Wildman–Crippen MR) is 121 cm³/mol. The Kier molecular flexibility index (Phi) is 5.83. The number of piperazine rings is 1. The van der Waals surface area contributed by atoms with Gasteiger partial charge in [-0.2, -0.15) is 0 Å². The van der Waals surface area contributed by atoms with Crippen molar-refractivity contribution in [3.05, 3.63) is 58.7 Å². The lowest BCUT2D eigenvalue weighted by Gasteiger charge is -2.34. The third-order valence-electron chi connectivity index (χ3n) is 5.73. The Morgan fingerprint density at radius 1 is 1.03 bits per heavy atom. The van der Waals surface area contributed by atoms with Crippen molar-refractivity contribution in [2.24, 2.45) is 0 Å². The standard InChI is InChI=1S/C23H28N4OS/c1-16-7-8-19(15-18(16)3)22(28)24-9-10-26-11-13-27(14-12-26)23-25-21-17(2)5-4-6-20(21)29-23/h4-8,15H,9-14H2,1-3H3,(H,24,28). The van der Waals surface area contributed by atoms with Crippen LogP contribution < -0.4 is 10.2 Å².